The highest BCUT2D eigenvalue weighted by Crippen LogP contribution is 2.37. The summed E-state index contributed by atoms with van der Waals surface area (Å²) in [6.45, 7) is 2.88. The van der Waals surface area contributed by atoms with E-state index in [1.54, 1.807) is 18.2 Å². The molecule has 2 aromatic carbocycles. The first-order chi connectivity index (χ1) is 12.0. The van der Waals surface area contributed by atoms with Crippen LogP contribution < -0.4 is 4.90 Å². The molecule has 7 heteroatoms. The van der Waals surface area contributed by atoms with Gasteiger partial charge in [-0.3, -0.25) is 10.1 Å². The maximum Gasteiger partial charge on any atom is 0.288 e. The van der Waals surface area contributed by atoms with E-state index >= 15 is 0 Å². The molecule has 3 rings (SSSR count). The standard InChI is InChI=1S/C18H19FN2O3S/c1-2-25-17-9-16(8-14(11-22)18(17)21(23)24)20-6-5-12-7-15(19)4-3-13(12)10-20/h3-4,7-9,22H,2,5-6,10-11H2,1H3. The number of nitro groups is 1. The van der Waals surface area contributed by atoms with Crippen molar-refractivity contribution in [2.75, 3.05) is 17.2 Å². The van der Waals surface area contributed by atoms with Crippen LogP contribution in [0.15, 0.2) is 35.2 Å². The number of hydrogen-bond donors (Lipinski definition) is 1. The molecule has 0 aliphatic carbocycles. The minimum Gasteiger partial charge on any atom is -0.391 e. The summed E-state index contributed by atoms with van der Waals surface area (Å²) >= 11 is 1.40. The van der Waals surface area contributed by atoms with Gasteiger partial charge in [-0.25, -0.2) is 4.39 Å². The second kappa shape index (κ2) is 7.41. The smallest absolute Gasteiger partial charge is 0.288 e. The van der Waals surface area contributed by atoms with E-state index in [0.717, 1.165) is 23.2 Å². The first-order valence-corrected chi connectivity index (χ1v) is 9.09. The Morgan fingerprint density at radius 1 is 1.32 bits per heavy atom. The van der Waals surface area contributed by atoms with Crippen LogP contribution in [-0.2, 0) is 19.6 Å². The number of benzene rings is 2. The first-order valence-electron chi connectivity index (χ1n) is 8.10. The van der Waals surface area contributed by atoms with Crippen molar-refractivity contribution in [2.24, 2.45) is 0 Å². The Morgan fingerprint density at radius 2 is 2.12 bits per heavy atom. The lowest BCUT2D eigenvalue weighted by molar-refractivity contribution is -0.388. The minimum absolute atomic E-state index is 0.0161. The van der Waals surface area contributed by atoms with Crippen molar-refractivity contribution in [1.29, 1.82) is 0 Å². The van der Waals surface area contributed by atoms with Crippen LogP contribution in [0, 0.1) is 15.9 Å². The molecule has 5 nitrogen and oxygen atoms in total. The van der Waals surface area contributed by atoms with Crippen molar-refractivity contribution in [3.63, 3.8) is 0 Å². The summed E-state index contributed by atoms with van der Waals surface area (Å²) in [7, 11) is 0. The number of nitro benzene ring substituents is 1. The largest absolute Gasteiger partial charge is 0.391 e. The average molecular weight is 362 g/mol. The van der Waals surface area contributed by atoms with Crippen LogP contribution in [0.1, 0.15) is 23.6 Å². The van der Waals surface area contributed by atoms with Gasteiger partial charge in [0.1, 0.15) is 5.82 Å². The molecule has 1 aliphatic rings. The molecule has 0 saturated carbocycles. The lowest BCUT2D eigenvalue weighted by atomic mass is 9.99. The van der Waals surface area contributed by atoms with Crippen LogP contribution in [0.2, 0.25) is 0 Å². The van der Waals surface area contributed by atoms with Crippen LogP contribution in [0.3, 0.4) is 0 Å². The van der Waals surface area contributed by atoms with Gasteiger partial charge in [0.25, 0.3) is 5.69 Å². The summed E-state index contributed by atoms with van der Waals surface area (Å²) in [5.41, 5.74) is 3.21. The molecule has 0 aromatic heterocycles. The molecule has 132 valence electrons. The van der Waals surface area contributed by atoms with Crippen LogP contribution in [0.25, 0.3) is 0 Å². The lowest BCUT2D eigenvalue weighted by Crippen LogP contribution is -2.30. The number of rotatable bonds is 5. The molecule has 0 saturated heterocycles. The fourth-order valence-electron chi connectivity index (χ4n) is 3.17. The molecular weight excluding hydrogens is 343 g/mol. The van der Waals surface area contributed by atoms with Crippen LogP contribution >= 0.6 is 11.8 Å². The van der Waals surface area contributed by atoms with E-state index in [1.165, 1.54) is 17.8 Å². The van der Waals surface area contributed by atoms with Crippen molar-refractivity contribution in [1.82, 2.24) is 0 Å². The van der Waals surface area contributed by atoms with E-state index in [4.69, 9.17) is 0 Å². The minimum atomic E-state index is -0.429. The molecule has 1 N–H and O–H groups in total. The van der Waals surface area contributed by atoms with Gasteiger partial charge in [-0.05, 0) is 47.6 Å². The predicted octanol–water partition coefficient (Wildman–Crippen LogP) is 3.90. The van der Waals surface area contributed by atoms with Crippen molar-refractivity contribution >= 4 is 23.1 Å². The normalized spacial score (nSPS) is 13.6. The fourth-order valence-corrected chi connectivity index (χ4v) is 4.02. The maximum atomic E-state index is 13.4. The van der Waals surface area contributed by atoms with Crippen LogP contribution in [0.5, 0.6) is 0 Å². The monoisotopic (exact) mass is 362 g/mol. The quantitative estimate of drug-likeness (QED) is 0.496. The molecule has 1 heterocycles. The molecule has 0 radical (unpaired) electrons. The molecule has 0 amide bonds. The van der Waals surface area contributed by atoms with Gasteiger partial charge in [-0.1, -0.05) is 13.0 Å². The van der Waals surface area contributed by atoms with Gasteiger partial charge in [0.05, 0.1) is 22.0 Å². The fraction of sp³-hybridized carbons (Fsp3) is 0.333. The van der Waals surface area contributed by atoms with Crippen molar-refractivity contribution in [2.45, 2.75) is 31.4 Å². The molecule has 0 unspecified atom stereocenters. The molecule has 0 bridgehead atoms. The number of thioether (sulfide) groups is 1. The van der Waals surface area contributed by atoms with E-state index < -0.39 is 4.92 Å². The van der Waals surface area contributed by atoms with E-state index in [9.17, 15) is 19.6 Å². The second-order valence-electron chi connectivity index (χ2n) is 5.88. The molecule has 2 aromatic rings. The number of aliphatic hydroxyl groups excluding tert-OH is 1. The Morgan fingerprint density at radius 3 is 2.80 bits per heavy atom. The summed E-state index contributed by atoms with van der Waals surface area (Å²) in [6, 6.07) is 8.32. The Hall–Kier alpha value is -2.12. The number of halogens is 1. The number of nitrogens with zero attached hydrogens (tertiary/aromatic N) is 2. The highest BCUT2D eigenvalue weighted by molar-refractivity contribution is 7.99. The summed E-state index contributed by atoms with van der Waals surface area (Å²) in [4.78, 5) is 13.6. The van der Waals surface area contributed by atoms with Gasteiger partial charge < -0.3 is 10.0 Å². The molecule has 0 fully saturated rings. The van der Waals surface area contributed by atoms with E-state index in [0.29, 0.717) is 29.3 Å². The van der Waals surface area contributed by atoms with Crippen LogP contribution in [0.4, 0.5) is 15.8 Å². The van der Waals surface area contributed by atoms with E-state index in [-0.39, 0.29) is 18.1 Å². The predicted molar refractivity (Wildman–Crippen MR) is 96.6 cm³/mol. The molecule has 0 spiro atoms. The zero-order valence-corrected chi connectivity index (χ0v) is 14.7. The summed E-state index contributed by atoms with van der Waals surface area (Å²) in [6.07, 6.45) is 0.717. The van der Waals surface area contributed by atoms with Gasteiger partial charge in [0.2, 0.25) is 0 Å². The second-order valence-corrected chi connectivity index (χ2v) is 7.19. The van der Waals surface area contributed by atoms with Crippen molar-refractivity contribution in [3.8, 4) is 0 Å². The Bertz CT molecular complexity index is 813. The highest BCUT2D eigenvalue weighted by atomic mass is 32.2. The highest BCUT2D eigenvalue weighted by Gasteiger charge is 2.24. The number of fused-ring (bicyclic) bond motifs is 1. The Balaban J connectivity index is 1.98. The first kappa shape index (κ1) is 17.7. The van der Waals surface area contributed by atoms with Crippen LogP contribution in [-0.4, -0.2) is 22.3 Å². The van der Waals surface area contributed by atoms with Crippen molar-refractivity contribution in [3.05, 3.63) is 63.0 Å². The van der Waals surface area contributed by atoms with Gasteiger partial charge in [0, 0.05) is 18.8 Å². The summed E-state index contributed by atoms with van der Waals surface area (Å²) in [5, 5.41) is 21.0. The Kier molecular flexibility index (Phi) is 5.24. The third kappa shape index (κ3) is 3.62. The third-order valence-corrected chi connectivity index (χ3v) is 5.25. The average Bonchev–Trinajstić information content (AvgIpc) is 2.60. The van der Waals surface area contributed by atoms with Gasteiger partial charge >= 0.3 is 0 Å². The SMILES string of the molecule is CCSc1cc(N2CCc3cc(F)ccc3C2)cc(CO)c1[N+](=O)[O-]. The summed E-state index contributed by atoms with van der Waals surface area (Å²) < 4.78 is 13.4. The Labute approximate surface area is 149 Å². The maximum absolute atomic E-state index is 13.4. The van der Waals surface area contributed by atoms with Gasteiger partial charge in [-0.15, -0.1) is 11.8 Å². The molecule has 25 heavy (non-hydrogen) atoms. The summed E-state index contributed by atoms with van der Waals surface area (Å²) in [5.74, 6) is 0.476. The number of anilines is 1. The van der Waals surface area contributed by atoms with E-state index in [2.05, 4.69) is 4.90 Å². The number of hydrogen-bond acceptors (Lipinski definition) is 5. The lowest BCUT2D eigenvalue weighted by Gasteiger charge is -2.31. The topological polar surface area (TPSA) is 66.6 Å². The van der Waals surface area contributed by atoms with Crippen molar-refractivity contribution < 1.29 is 14.4 Å². The van der Waals surface area contributed by atoms with Gasteiger partial charge in [-0.2, -0.15) is 0 Å². The van der Waals surface area contributed by atoms with E-state index in [1.807, 2.05) is 13.0 Å². The molecule has 1 aliphatic heterocycles. The zero-order valence-electron chi connectivity index (χ0n) is 13.9. The molecular formula is C18H19FN2O3S. The van der Waals surface area contributed by atoms with Gasteiger partial charge in [0.15, 0.2) is 0 Å². The molecule has 0 atom stereocenters. The zero-order chi connectivity index (χ0) is 18.0. The number of aliphatic hydroxyl groups is 1. The third-order valence-electron chi connectivity index (χ3n) is 4.34.